The lowest BCUT2D eigenvalue weighted by Crippen LogP contribution is -2.59. The monoisotopic (exact) mass is 686 g/mol. The van der Waals surface area contributed by atoms with Gasteiger partial charge in [0.1, 0.15) is 11.2 Å². The summed E-state index contributed by atoms with van der Waals surface area (Å²) in [6, 6.07) is 45.6. The quantitative estimate of drug-likeness (QED) is 0.181. The Labute approximate surface area is 308 Å². The van der Waals surface area contributed by atoms with E-state index in [1.165, 1.54) is 103 Å². The standard InChI is InChI=1S/C50H42N2O/c1-48(2,3)41-25-34(24-40-39-23-29(17-20-44(39)53-47(40)41)49-26-31-21-30-22-32(27-49)50(30,31)28-49)52-43-16-10-8-14-36(43)38-19-18-37-35-13-7-9-15-42(35)51(45(37)46(38)52)33-11-5-4-6-12-33/h4-20,23-25,30-32H,21-22,26-28H2,1-3H3. The van der Waals surface area contributed by atoms with Crippen molar-refractivity contribution in [2.24, 2.45) is 23.2 Å². The van der Waals surface area contributed by atoms with Crippen LogP contribution in [0.25, 0.3) is 76.9 Å². The first-order valence-electron chi connectivity index (χ1n) is 19.8. The van der Waals surface area contributed by atoms with Crippen molar-refractivity contribution in [3.05, 3.63) is 132 Å². The maximum atomic E-state index is 6.91. The number of rotatable bonds is 3. The van der Waals surface area contributed by atoms with Crippen LogP contribution < -0.4 is 0 Å². The number of hydrogen-bond donors (Lipinski definition) is 0. The molecule has 3 aromatic heterocycles. The molecule has 9 aromatic rings. The van der Waals surface area contributed by atoms with Gasteiger partial charge in [-0.3, -0.25) is 0 Å². The molecule has 53 heavy (non-hydrogen) atoms. The van der Waals surface area contributed by atoms with E-state index in [2.05, 4.69) is 151 Å². The second kappa shape index (κ2) is 9.44. The minimum atomic E-state index is -0.125. The minimum Gasteiger partial charge on any atom is -0.456 e. The van der Waals surface area contributed by atoms with Gasteiger partial charge in [-0.2, -0.15) is 0 Å². The maximum absolute atomic E-state index is 6.91. The van der Waals surface area contributed by atoms with Gasteiger partial charge in [-0.25, -0.2) is 0 Å². The summed E-state index contributed by atoms with van der Waals surface area (Å²) in [4.78, 5) is 0. The number of furan rings is 1. The van der Waals surface area contributed by atoms with E-state index in [4.69, 9.17) is 4.42 Å². The third-order valence-corrected chi connectivity index (χ3v) is 15.1. The highest BCUT2D eigenvalue weighted by molar-refractivity contribution is 6.24. The second-order valence-electron chi connectivity index (χ2n) is 18.4. The summed E-state index contributed by atoms with van der Waals surface area (Å²) in [6.07, 6.45) is 7.19. The molecule has 2 bridgehead atoms. The molecule has 0 radical (unpaired) electrons. The maximum Gasteiger partial charge on any atom is 0.139 e. The zero-order chi connectivity index (χ0) is 35.0. The molecule has 3 nitrogen and oxygen atoms in total. The van der Waals surface area contributed by atoms with Gasteiger partial charge in [0.25, 0.3) is 0 Å². The van der Waals surface area contributed by atoms with E-state index in [1.807, 2.05) is 0 Å². The van der Waals surface area contributed by atoms with Crippen LogP contribution >= 0.6 is 0 Å². The van der Waals surface area contributed by atoms with Crippen molar-refractivity contribution in [2.45, 2.75) is 63.7 Å². The van der Waals surface area contributed by atoms with E-state index in [-0.39, 0.29) is 5.41 Å². The van der Waals surface area contributed by atoms with Gasteiger partial charge in [0.2, 0.25) is 0 Å². The molecule has 0 aliphatic heterocycles. The summed E-state index contributed by atoms with van der Waals surface area (Å²) in [6.45, 7) is 7.00. The van der Waals surface area contributed by atoms with Crippen LogP contribution in [0.4, 0.5) is 0 Å². The third-order valence-electron chi connectivity index (χ3n) is 15.1. The van der Waals surface area contributed by atoms with Gasteiger partial charge in [0, 0.05) is 49.3 Å². The molecule has 1 spiro atoms. The van der Waals surface area contributed by atoms with E-state index in [1.54, 1.807) is 5.56 Å². The van der Waals surface area contributed by atoms with Crippen molar-refractivity contribution < 1.29 is 4.42 Å². The highest BCUT2D eigenvalue weighted by atomic mass is 16.3. The summed E-state index contributed by atoms with van der Waals surface area (Å²) >= 11 is 0. The van der Waals surface area contributed by atoms with Crippen molar-refractivity contribution >= 4 is 65.6 Å². The molecule has 4 aliphatic carbocycles. The Kier molecular flexibility index (Phi) is 5.20. The Morgan fingerprint density at radius 2 is 1.19 bits per heavy atom. The predicted molar refractivity (Wildman–Crippen MR) is 219 cm³/mol. The van der Waals surface area contributed by atoms with E-state index < -0.39 is 0 Å². The van der Waals surface area contributed by atoms with Crippen LogP contribution in [0.3, 0.4) is 0 Å². The van der Waals surface area contributed by atoms with Gasteiger partial charge in [0.15, 0.2) is 0 Å². The average molecular weight is 687 g/mol. The van der Waals surface area contributed by atoms with Crippen molar-refractivity contribution in [3.63, 3.8) is 0 Å². The fraction of sp³-hybridized carbons (Fsp3) is 0.280. The van der Waals surface area contributed by atoms with E-state index in [0.29, 0.717) is 10.8 Å². The first kappa shape index (κ1) is 29.2. The van der Waals surface area contributed by atoms with Gasteiger partial charge >= 0.3 is 0 Å². The largest absolute Gasteiger partial charge is 0.456 e. The highest BCUT2D eigenvalue weighted by Crippen LogP contribution is 2.84. The van der Waals surface area contributed by atoms with Gasteiger partial charge in [0.05, 0.1) is 22.1 Å². The second-order valence-corrected chi connectivity index (χ2v) is 18.4. The lowest BCUT2D eigenvalue weighted by molar-refractivity contribution is -0.175. The molecule has 0 N–H and O–H groups in total. The molecule has 3 heteroatoms. The number of fused-ring (bicyclic) bond motifs is 11. The van der Waals surface area contributed by atoms with Crippen LogP contribution in [-0.4, -0.2) is 9.13 Å². The van der Waals surface area contributed by atoms with Crippen LogP contribution in [0, 0.1) is 23.2 Å². The first-order valence-corrected chi connectivity index (χ1v) is 19.8. The zero-order valence-corrected chi connectivity index (χ0v) is 30.6. The van der Waals surface area contributed by atoms with Gasteiger partial charge in [-0.05, 0) is 120 Å². The molecule has 4 fully saturated rings. The molecule has 4 saturated carbocycles. The first-order chi connectivity index (χ1) is 25.8. The summed E-state index contributed by atoms with van der Waals surface area (Å²) in [7, 11) is 0. The van der Waals surface area contributed by atoms with Gasteiger partial charge in [-0.1, -0.05) is 93.6 Å². The van der Waals surface area contributed by atoms with Crippen molar-refractivity contribution in [1.82, 2.24) is 9.13 Å². The van der Waals surface area contributed by atoms with Gasteiger partial charge < -0.3 is 13.6 Å². The van der Waals surface area contributed by atoms with Crippen molar-refractivity contribution in [1.29, 1.82) is 0 Å². The molecule has 0 amide bonds. The Bertz CT molecular complexity index is 3040. The molecular weight excluding hydrogens is 645 g/mol. The summed E-state index contributed by atoms with van der Waals surface area (Å²) in [5.41, 5.74) is 13.1. The Balaban J connectivity index is 1.14. The van der Waals surface area contributed by atoms with E-state index in [0.717, 1.165) is 28.9 Å². The molecule has 0 saturated heterocycles. The molecule has 13 rings (SSSR count). The fourth-order valence-corrected chi connectivity index (χ4v) is 12.9. The highest BCUT2D eigenvalue weighted by Gasteiger charge is 2.77. The molecule has 6 aromatic carbocycles. The van der Waals surface area contributed by atoms with E-state index >= 15 is 0 Å². The van der Waals surface area contributed by atoms with Crippen molar-refractivity contribution in [2.75, 3.05) is 0 Å². The molecule has 3 heterocycles. The summed E-state index contributed by atoms with van der Waals surface area (Å²) in [5.74, 6) is 2.96. The molecule has 2 atom stereocenters. The van der Waals surface area contributed by atoms with Gasteiger partial charge in [-0.15, -0.1) is 0 Å². The minimum absolute atomic E-state index is 0.125. The Morgan fingerprint density at radius 1 is 0.566 bits per heavy atom. The number of para-hydroxylation sites is 3. The summed E-state index contributed by atoms with van der Waals surface area (Å²) < 4.78 is 12.0. The molecule has 2 unspecified atom stereocenters. The van der Waals surface area contributed by atoms with Crippen LogP contribution in [-0.2, 0) is 10.8 Å². The van der Waals surface area contributed by atoms with Crippen LogP contribution in [0.1, 0.15) is 64.0 Å². The Morgan fingerprint density at radius 3 is 1.81 bits per heavy atom. The smallest absolute Gasteiger partial charge is 0.139 e. The van der Waals surface area contributed by atoms with Crippen molar-refractivity contribution in [3.8, 4) is 11.4 Å². The van der Waals surface area contributed by atoms with Crippen LogP contribution in [0.5, 0.6) is 0 Å². The number of nitrogens with zero attached hydrogens (tertiary/aromatic N) is 2. The lowest BCUT2D eigenvalue weighted by Gasteiger charge is -2.66. The summed E-state index contributed by atoms with van der Waals surface area (Å²) in [5, 5.41) is 7.60. The Hall–Kier alpha value is -5.28. The number of aromatic nitrogens is 2. The lowest BCUT2D eigenvalue weighted by atomic mass is 9.38. The zero-order valence-electron chi connectivity index (χ0n) is 30.6. The third kappa shape index (κ3) is 3.44. The average Bonchev–Trinajstić information content (AvgIpc) is 3.94. The molecule has 258 valence electrons. The fourth-order valence-electron chi connectivity index (χ4n) is 12.9. The SMILES string of the molecule is CC(C)(C)c1cc(-n2c3ccccc3c3ccc4c5ccccc5n(-c5ccccc5)c4c32)cc2c1oc1ccc(C34CC5CC6CC(C3)C65C4)cc12. The topological polar surface area (TPSA) is 23.0 Å². The number of hydrogen-bond acceptors (Lipinski definition) is 1. The van der Waals surface area contributed by atoms with Crippen LogP contribution in [0.15, 0.2) is 126 Å². The normalized spacial score (nSPS) is 26.0. The predicted octanol–water partition coefficient (Wildman–Crippen LogP) is 13.2. The van der Waals surface area contributed by atoms with E-state index in [9.17, 15) is 0 Å². The molecule has 4 aliphatic rings. The van der Waals surface area contributed by atoms with Crippen LogP contribution in [0.2, 0.25) is 0 Å². The molecular formula is C50H42N2O. The number of benzene rings is 6.